The Morgan fingerprint density at radius 1 is 1.35 bits per heavy atom. The third kappa shape index (κ3) is 3.82. The van der Waals surface area contributed by atoms with Crippen LogP contribution in [0.2, 0.25) is 0 Å². The molecule has 1 aromatic carbocycles. The van der Waals surface area contributed by atoms with Crippen LogP contribution >= 0.6 is 0 Å². The third-order valence-corrected chi connectivity index (χ3v) is 5.80. The summed E-state index contributed by atoms with van der Waals surface area (Å²) >= 11 is 0. The standard InChI is InChI=1S/C15H20N2O5S/c1-10(2)22-15(19)17-7-6-13(9-17)23(20,21)12-5-3-4-11(8-12)14(16)18/h3-5,8,10,13H,6-7,9H2,1-2H3,(H2,16,18). The molecule has 0 aliphatic carbocycles. The van der Waals surface area contributed by atoms with Gasteiger partial charge in [0.05, 0.1) is 16.2 Å². The summed E-state index contributed by atoms with van der Waals surface area (Å²) in [7, 11) is -3.65. The average molecular weight is 340 g/mol. The second-order valence-electron chi connectivity index (χ2n) is 5.73. The van der Waals surface area contributed by atoms with Gasteiger partial charge in [-0.05, 0) is 38.5 Å². The van der Waals surface area contributed by atoms with Gasteiger partial charge in [0.1, 0.15) is 0 Å². The van der Waals surface area contributed by atoms with E-state index in [-0.39, 0.29) is 23.1 Å². The van der Waals surface area contributed by atoms with Crippen LogP contribution in [-0.2, 0) is 14.6 Å². The van der Waals surface area contributed by atoms with Gasteiger partial charge in [-0.1, -0.05) is 6.07 Å². The predicted molar refractivity (Wildman–Crippen MR) is 83.7 cm³/mol. The number of rotatable bonds is 4. The molecule has 8 heteroatoms. The van der Waals surface area contributed by atoms with Crippen molar-refractivity contribution in [2.75, 3.05) is 13.1 Å². The van der Waals surface area contributed by atoms with Crippen molar-refractivity contribution < 1.29 is 22.7 Å². The summed E-state index contributed by atoms with van der Waals surface area (Å²) in [6.45, 7) is 3.87. The highest BCUT2D eigenvalue weighted by Gasteiger charge is 2.37. The van der Waals surface area contributed by atoms with Gasteiger partial charge in [0.2, 0.25) is 5.91 Å². The van der Waals surface area contributed by atoms with Crippen molar-refractivity contribution in [1.29, 1.82) is 0 Å². The quantitative estimate of drug-likeness (QED) is 0.885. The first-order valence-corrected chi connectivity index (χ1v) is 8.85. The number of sulfone groups is 1. The lowest BCUT2D eigenvalue weighted by molar-refractivity contribution is 0.0837. The van der Waals surface area contributed by atoms with Gasteiger partial charge in [-0.3, -0.25) is 4.79 Å². The summed E-state index contributed by atoms with van der Waals surface area (Å²) in [4.78, 5) is 24.5. The Morgan fingerprint density at radius 2 is 2.04 bits per heavy atom. The minimum atomic E-state index is -3.65. The number of carbonyl (C=O) groups is 2. The van der Waals surface area contributed by atoms with Crippen LogP contribution in [0.25, 0.3) is 0 Å². The molecule has 1 aliphatic rings. The average Bonchev–Trinajstić information content (AvgIpc) is 2.97. The Morgan fingerprint density at radius 3 is 2.65 bits per heavy atom. The molecule has 126 valence electrons. The second kappa shape index (κ2) is 6.57. The van der Waals surface area contributed by atoms with Crippen LogP contribution in [-0.4, -0.2) is 49.8 Å². The van der Waals surface area contributed by atoms with Crippen LogP contribution in [0.3, 0.4) is 0 Å². The van der Waals surface area contributed by atoms with Gasteiger partial charge in [-0.2, -0.15) is 0 Å². The Balaban J connectivity index is 2.17. The molecule has 2 rings (SSSR count). The highest BCUT2D eigenvalue weighted by Crippen LogP contribution is 2.25. The van der Waals surface area contributed by atoms with Crippen molar-refractivity contribution in [3.8, 4) is 0 Å². The number of nitrogens with two attached hydrogens (primary N) is 1. The van der Waals surface area contributed by atoms with E-state index in [1.807, 2.05) is 0 Å². The lowest BCUT2D eigenvalue weighted by atomic mass is 10.2. The molecule has 0 aromatic heterocycles. The largest absolute Gasteiger partial charge is 0.447 e. The zero-order valence-electron chi connectivity index (χ0n) is 13.1. The second-order valence-corrected chi connectivity index (χ2v) is 7.95. The molecular formula is C15H20N2O5S. The van der Waals surface area contributed by atoms with E-state index in [1.165, 1.54) is 29.2 Å². The van der Waals surface area contributed by atoms with Gasteiger partial charge in [0.25, 0.3) is 0 Å². The normalized spacial score (nSPS) is 18.2. The fraction of sp³-hybridized carbons (Fsp3) is 0.467. The molecule has 1 fully saturated rings. The Bertz CT molecular complexity index is 714. The van der Waals surface area contributed by atoms with Crippen molar-refractivity contribution in [3.05, 3.63) is 29.8 Å². The van der Waals surface area contributed by atoms with Gasteiger partial charge >= 0.3 is 6.09 Å². The number of nitrogens with zero attached hydrogens (tertiary/aromatic N) is 1. The molecule has 0 radical (unpaired) electrons. The molecule has 1 aliphatic heterocycles. The number of primary amides is 1. The molecule has 0 saturated carbocycles. The van der Waals surface area contributed by atoms with Crippen LogP contribution in [0, 0.1) is 0 Å². The summed E-state index contributed by atoms with van der Waals surface area (Å²) < 4.78 is 30.4. The first kappa shape index (κ1) is 17.3. The van der Waals surface area contributed by atoms with Crippen molar-refractivity contribution in [3.63, 3.8) is 0 Å². The summed E-state index contributed by atoms with van der Waals surface area (Å²) in [5, 5.41) is -0.717. The molecule has 2 amide bonds. The molecule has 1 aromatic rings. The van der Waals surface area contributed by atoms with E-state index in [0.29, 0.717) is 13.0 Å². The van der Waals surface area contributed by atoms with E-state index in [1.54, 1.807) is 13.8 Å². The number of benzene rings is 1. The minimum Gasteiger partial charge on any atom is -0.447 e. The number of hydrogen-bond donors (Lipinski definition) is 1. The van der Waals surface area contributed by atoms with Gasteiger partial charge in [-0.25, -0.2) is 13.2 Å². The first-order valence-electron chi connectivity index (χ1n) is 7.31. The molecule has 1 heterocycles. The lowest BCUT2D eigenvalue weighted by Gasteiger charge is -2.18. The van der Waals surface area contributed by atoms with E-state index < -0.39 is 27.1 Å². The maximum Gasteiger partial charge on any atom is 0.410 e. The van der Waals surface area contributed by atoms with E-state index in [2.05, 4.69) is 0 Å². The summed E-state index contributed by atoms with van der Waals surface area (Å²) in [5.41, 5.74) is 5.32. The number of hydrogen-bond acceptors (Lipinski definition) is 5. The van der Waals surface area contributed by atoms with Crippen molar-refractivity contribution in [1.82, 2.24) is 4.90 Å². The fourth-order valence-electron chi connectivity index (χ4n) is 2.44. The van der Waals surface area contributed by atoms with E-state index >= 15 is 0 Å². The number of likely N-dealkylation sites (tertiary alicyclic amines) is 1. The van der Waals surface area contributed by atoms with Gasteiger partial charge in [0.15, 0.2) is 9.84 Å². The van der Waals surface area contributed by atoms with Gasteiger partial charge < -0.3 is 15.4 Å². The van der Waals surface area contributed by atoms with E-state index in [4.69, 9.17) is 10.5 Å². The van der Waals surface area contributed by atoms with Crippen molar-refractivity contribution in [2.45, 2.75) is 36.5 Å². The molecule has 7 nitrogen and oxygen atoms in total. The third-order valence-electron chi connectivity index (χ3n) is 3.63. The Labute approximate surface area is 135 Å². The molecule has 1 saturated heterocycles. The molecule has 1 atom stereocenters. The Kier molecular flexibility index (Phi) is 4.93. The van der Waals surface area contributed by atoms with Crippen molar-refractivity contribution in [2.24, 2.45) is 5.73 Å². The topological polar surface area (TPSA) is 107 Å². The molecule has 0 bridgehead atoms. The molecule has 0 spiro atoms. The highest BCUT2D eigenvalue weighted by molar-refractivity contribution is 7.92. The van der Waals surface area contributed by atoms with Crippen molar-refractivity contribution >= 4 is 21.8 Å². The maximum absolute atomic E-state index is 12.7. The summed E-state index contributed by atoms with van der Waals surface area (Å²) in [6, 6.07) is 5.64. The maximum atomic E-state index is 12.7. The van der Waals surface area contributed by atoms with E-state index in [9.17, 15) is 18.0 Å². The molecule has 1 unspecified atom stereocenters. The van der Waals surface area contributed by atoms with Crippen LogP contribution in [0.15, 0.2) is 29.2 Å². The molecule has 2 N–H and O–H groups in total. The Hall–Kier alpha value is -2.09. The molecular weight excluding hydrogens is 320 g/mol. The van der Waals surface area contributed by atoms with E-state index in [0.717, 1.165) is 0 Å². The number of amides is 2. The monoisotopic (exact) mass is 340 g/mol. The van der Waals surface area contributed by atoms with Gasteiger partial charge in [0, 0.05) is 18.7 Å². The summed E-state index contributed by atoms with van der Waals surface area (Å²) in [5.74, 6) is -0.685. The number of carbonyl (C=O) groups excluding carboxylic acids is 2. The van der Waals surface area contributed by atoms with Crippen LogP contribution < -0.4 is 5.73 Å². The lowest BCUT2D eigenvalue weighted by Crippen LogP contribution is -2.33. The highest BCUT2D eigenvalue weighted by atomic mass is 32.2. The SMILES string of the molecule is CC(C)OC(=O)N1CCC(S(=O)(=O)c2cccc(C(N)=O)c2)C1. The van der Waals surface area contributed by atoms with Crippen LogP contribution in [0.1, 0.15) is 30.6 Å². The minimum absolute atomic E-state index is 0.0397. The number of ether oxygens (including phenoxy) is 1. The zero-order valence-corrected chi connectivity index (χ0v) is 13.9. The molecule has 23 heavy (non-hydrogen) atoms. The summed E-state index contributed by atoms with van der Waals surface area (Å²) in [6.07, 6.45) is -0.440. The fourth-order valence-corrected chi connectivity index (χ4v) is 4.18. The van der Waals surface area contributed by atoms with Crippen LogP contribution in [0.5, 0.6) is 0 Å². The smallest absolute Gasteiger partial charge is 0.410 e. The van der Waals surface area contributed by atoms with Gasteiger partial charge in [-0.15, -0.1) is 0 Å². The first-order chi connectivity index (χ1) is 10.7. The zero-order chi connectivity index (χ0) is 17.2. The predicted octanol–water partition coefficient (Wildman–Crippen LogP) is 1.18. The van der Waals surface area contributed by atoms with Crippen LogP contribution in [0.4, 0.5) is 4.79 Å².